The third-order valence-corrected chi connectivity index (χ3v) is 3.94. The normalized spacial score (nSPS) is 24.6. The maximum absolute atomic E-state index is 3.63. The second kappa shape index (κ2) is 3.24. The predicted octanol–water partition coefficient (Wildman–Crippen LogP) is 1.78. The molecular weight excluding hydrogens is 240 g/mol. The Hall–Kier alpha value is -0.540. The first kappa shape index (κ1) is 8.74. The number of rotatable bonds is 0. The lowest BCUT2D eigenvalue weighted by Gasteiger charge is -2.32. The summed E-state index contributed by atoms with van der Waals surface area (Å²) in [6.45, 7) is 3.39. The van der Waals surface area contributed by atoms with Crippen LogP contribution in [0.5, 0.6) is 0 Å². The van der Waals surface area contributed by atoms with Crippen LogP contribution >= 0.6 is 15.9 Å². The number of hydrogen-bond acceptors (Lipinski definition) is 2. The fraction of sp³-hybridized carbons (Fsp3) is 0.455. The number of anilines is 1. The molecule has 2 aliphatic rings. The average Bonchev–Trinajstić information content (AvgIpc) is 2.59. The van der Waals surface area contributed by atoms with E-state index >= 15 is 0 Å². The first-order valence-electron chi connectivity index (χ1n) is 5.11. The molecule has 1 N–H and O–H groups in total. The Morgan fingerprint density at radius 3 is 3.29 bits per heavy atom. The van der Waals surface area contributed by atoms with Crippen LogP contribution in [0.25, 0.3) is 0 Å². The number of benzene rings is 1. The molecular formula is C11H13BrN2. The minimum atomic E-state index is 0.678. The topological polar surface area (TPSA) is 15.3 Å². The molecule has 3 rings (SSSR count). The summed E-state index contributed by atoms with van der Waals surface area (Å²) in [5.74, 6) is 0. The van der Waals surface area contributed by atoms with Crippen molar-refractivity contribution >= 4 is 21.6 Å². The van der Waals surface area contributed by atoms with Gasteiger partial charge in [0.15, 0.2) is 0 Å². The van der Waals surface area contributed by atoms with Crippen molar-refractivity contribution in [1.29, 1.82) is 0 Å². The van der Waals surface area contributed by atoms with E-state index in [2.05, 4.69) is 44.3 Å². The van der Waals surface area contributed by atoms with Crippen molar-refractivity contribution in [3.63, 3.8) is 0 Å². The van der Waals surface area contributed by atoms with E-state index in [1.807, 2.05) is 0 Å². The van der Waals surface area contributed by atoms with Crippen LogP contribution in [0.1, 0.15) is 5.56 Å². The fourth-order valence-corrected chi connectivity index (χ4v) is 3.03. The standard InChI is InChI=1S/C11H13BrN2/c12-10-2-1-3-11-9(10)6-8-7-13-4-5-14(8)11/h1-3,8,13H,4-7H2. The Balaban J connectivity index is 2.05. The van der Waals surface area contributed by atoms with Crippen LogP contribution in [0.4, 0.5) is 5.69 Å². The summed E-state index contributed by atoms with van der Waals surface area (Å²) in [7, 11) is 0. The molecule has 0 saturated carbocycles. The minimum absolute atomic E-state index is 0.678. The Kier molecular flexibility index (Phi) is 2.03. The number of fused-ring (bicyclic) bond motifs is 3. The third-order valence-electron chi connectivity index (χ3n) is 3.19. The number of piperazine rings is 1. The predicted molar refractivity (Wildman–Crippen MR) is 61.8 cm³/mol. The van der Waals surface area contributed by atoms with Gasteiger partial charge in [0.1, 0.15) is 0 Å². The monoisotopic (exact) mass is 252 g/mol. The lowest BCUT2D eigenvalue weighted by molar-refractivity contribution is 0.495. The Morgan fingerprint density at radius 2 is 2.36 bits per heavy atom. The SMILES string of the molecule is Brc1cccc2c1CC1CNCCN21. The van der Waals surface area contributed by atoms with Gasteiger partial charge in [0.25, 0.3) is 0 Å². The summed E-state index contributed by atoms with van der Waals surface area (Å²) in [5.41, 5.74) is 2.92. The summed E-state index contributed by atoms with van der Waals surface area (Å²) in [4.78, 5) is 2.54. The molecule has 1 saturated heterocycles. The largest absolute Gasteiger partial charge is 0.365 e. The van der Waals surface area contributed by atoms with Gasteiger partial charge in [-0.1, -0.05) is 22.0 Å². The zero-order chi connectivity index (χ0) is 9.54. The number of hydrogen-bond donors (Lipinski definition) is 1. The minimum Gasteiger partial charge on any atom is -0.365 e. The highest BCUT2D eigenvalue weighted by molar-refractivity contribution is 9.10. The van der Waals surface area contributed by atoms with Gasteiger partial charge in [-0.05, 0) is 24.1 Å². The van der Waals surface area contributed by atoms with Crippen LogP contribution in [0, 0.1) is 0 Å². The van der Waals surface area contributed by atoms with Crippen LogP contribution in [0.2, 0.25) is 0 Å². The molecule has 0 aliphatic carbocycles. The van der Waals surface area contributed by atoms with Crippen LogP contribution in [0.3, 0.4) is 0 Å². The van der Waals surface area contributed by atoms with Crippen LogP contribution < -0.4 is 10.2 Å². The van der Waals surface area contributed by atoms with E-state index in [4.69, 9.17) is 0 Å². The molecule has 1 atom stereocenters. The molecule has 3 heteroatoms. The highest BCUT2D eigenvalue weighted by Gasteiger charge is 2.31. The number of nitrogens with one attached hydrogen (secondary N) is 1. The fourth-order valence-electron chi connectivity index (χ4n) is 2.51. The highest BCUT2D eigenvalue weighted by atomic mass is 79.9. The van der Waals surface area contributed by atoms with Crippen molar-refractivity contribution in [2.45, 2.75) is 12.5 Å². The van der Waals surface area contributed by atoms with Crippen molar-refractivity contribution in [3.8, 4) is 0 Å². The van der Waals surface area contributed by atoms with E-state index in [1.54, 1.807) is 0 Å². The molecule has 1 aromatic rings. The maximum Gasteiger partial charge on any atom is 0.0456 e. The summed E-state index contributed by atoms with van der Waals surface area (Å²) >= 11 is 3.63. The van der Waals surface area contributed by atoms with Gasteiger partial charge in [-0.2, -0.15) is 0 Å². The molecule has 0 amide bonds. The van der Waals surface area contributed by atoms with Crippen molar-refractivity contribution < 1.29 is 0 Å². The molecule has 0 aromatic heterocycles. The summed E-state index contributed by atoms with van der Waals surface area (Å²) in [6.07, 6.45) is 1.18. The molecule has 1 fully saturated rings. The van der Waals surface area contributed by atoms with E-state index in [1.165, 1.54) is 22.1 Å². The Labute approximate surface area is 92.4 Å². The van der Waals surface area contributed by atoms with Crippen molar-refractivity contribution in [2.75, 3.05) is 24.5 Å². The molecule has 2 heterocycles. The van der Waals surface area contributed by atoms with Crippen LogP contribution in [-0.2, 0) is 6.42 Å². The second-order valence-electron chi connectivity index (χ2n) is 3.99. The van der Waals surface area contributed by atoms with Crippen molar-refractivity contribution in [1.82, 2.24) is 5.32 Å². The molecule has 74 valence electrons. The molecule has 14 heavy (non-hydrogen) atoms. The molecule has 2 aliphatic heterocycles. The zero-order valence-corrected chi connectivity index (χ0v) is 9.55. The van der Waals surface area contributed by atoms with Gasteiger partial charge < -0.3 is 10.2 Å². The van der Waals surface area contributed by atoms with Gasteiger partial charge in [0.2, 0.25) is 0 Å². The van der Waals surface area contributed by atoms with Gasteiger partial charge in [-0.15, -0.1) is 0 Å². The molecule has 0 spiro atoms. The van der Waals surface area contributed by atoms with Gasteiger partial charge in [0, 0.05) is 35.8 Å². The second-order valence-corrected chi connectivity index (χ2v) is 4.85. The van der Waals surface area contributed by atoms with Crippen LogP contribution in [0.15, 0.2) is 22.7 Å². The zero-order valence-electron chi connectivity index (χ0n) is 7.96. The van der Waals surface area contributed by atoms with E-state index in [0.717, 1.165) is 19.6 Å². The highest BCUT2D eigenvalue weighted by Crippen LogP contribution is 2.36. The van der Waals surface area contributed by atoms with E-state index in [-0.39, 0.29) is 0 Å². The quantitative estimate of drug-likeness (QED) is 0.758. The van der Waals surface area contributed by atoms with Gasteiger partial charge >= 0.3 is 0 Å². The summed E-state index contributed by atoms with van der Waals surface area (Å²) < 4.78 is 1.27. The molecule has 1 unspecified atom stereocenters. The van der Waals surface area contributed by atoms with Gasteiger partial charge in [-0.25, -0.2) is 0 Å². The first-order chi connectivity index (χ1) is 6.86. The maximum atomic E-state index is 3.63. The first-order valence-corrected chi connectivity index (χ1v) is 5.90. The van der Waals surface area contributed by atoms with E-state index < -0.39 is 0 Å². The Morgan fingerprint density at radius 1 is 1.43 bits per heavy atom. The van der Waals surface area contributed by atoms with Crippen LogP contribution in [-0.4, -0.2) is 25.7 Å². The number of nitrogens with zero attached hydrogens (tertiary/aromatic N) is 1. The summed E-state index contributed by atoms with van der Waals surface area (Å²) in [5, 5.41) is 3.45. The van der Waals surface area contributed by atoms with Crippen molar-refractivity contribution in [3.05, 3.63) is 28.2 Å². The molecule has 0 radical (unpaired) electrons. The Bertz CT molecular complexity index is 364. The molecule has 1 aromatic carbocycles. The third kappa shape index (κ3) is 1.19. The average molecular weight is 253 g/mol. The van der Waals surface area contributed by atoms with Gasteiger partial charge in [-0.3, -0.25) is 0 Å². The van der Waals surface area contributed by atoms with Crippen molar-refractivity contribution in [2.24, 2.45) is 0 Å². The molecule has 2 nitrogen and oxygen atoms in total. The van der Waals surface area contributed by atoms with E-state index in [0.29, 0.717) is 6.04 Å². The lowest BCUT2D eigenvalue weighted by Crippen LogP contribution is -2.49. The smallest absolute Gasteiger partial charge is 0.0456 e. The molecule has 0 bridgehead atoms. The lowest BCUT2D eigenvalue weighted by atomic mass is 10.1. The summed E-state index contributed by atoms with van der Waals surface area (Å²) in [6, 6.07) is 7.20. The van der Waals surface area contributed by atoms with E-state index in [9.17, 15) is 0 Å². The number of halogens is 1. The van der Waals surface area contributed by atoms with Gasteiger partial charge in [0.05, 0.1) is 0 Å².